The van der Waals surface area contributed by atoms with Crippen LogP contribution >= 0.6 is 0 Å². The summed E-state index contributed by atoms with van der Waals surface area (Å²) in [5.41, 5.74) is 6.43. The van der Waals surface area contributed by atoms with E-state index in [-0.39, 0.29) is 23.9 Å². The minimum absolute atomic E-state index is 0.0359. The summed E-state index contributed by atoms with van der Waals surface area (Å²) >= 11 is 0. The summed E-state index contributed by atoms with van der Waals surface area (Å²) in [6.07, 6.45) is 2.46. The van der Waals surface area contributed by atoms with Gasteiger partial charge in [-0.3, -0.25) is 9.59 Å². The van der Waals surface area contributed by atoms with Crippen molar-refractivity contribution in [1.29, 1.82) is 0 Å². The summed E-state index contributed by atoms with van der Waals surface area (Å²) in [4.78, 5) is 24.2. The molecule has 116 valence electrons. The molecule has 0 saturated heterocycles. The van der Waals surface area contributed by atoms with Crippen LogP contribution in [0.4, 0.5) is 0 Å². The zero-order valence-electron chi connectivity index (χ0n) is 12.6. The molecule has 3 rings (SSSR count). The number of nitrogens with two attached hydrogens (primary N) is 1. The second-order valence-electron chi connectivity index (χ2n) is 5.90. The van der Waals surface area contributed by atoms with Crippen LogP contribution in [-0.2, 0) is 18.3 Å². The number of rotatable bonds is 5. The first kappa shape index (κ1) is 14.7. The predicted molar refractivity (Wildman–Crippen MR) is 84.4 cm³/mol. The lowest BCUT2D eigenvalue weighted by Gasteiger charge is -2.12. The Balaban J connectivity index is 1.77. The van der Waals surface area contributed by atoms with Gasteiger partial charge in [0.2, 0.25) is 5.91 Å². The van der Waals surface area contributed by atoms with E-state index in [9.17, 15) is 9.59 Å². The van der Waals surface area contributed by atoms with Gasteiger partial charge < -0.3 is 11.1 Å². The molecular formula is C16H20N4O2. The standard InChI is InChI=1S/C16H20N4O2/c1-20-16(22)12-5-3-2-4-11(12)14(19-20)8-15(21)18-9-13(17)10-6-7-10/h2-5,10,13H,6-9,17H2,1H3,(H,18,21). The molecule has 6 nitrogen and oxygen atoms in total. The Hall–Kier alpha value is -2.21. The van der Waals surface area contributed by atoms with E-state index in [2.05, 4.69) is 10.4 Å². The van der Waals surface area contributed by atoms with E-state index >= 15 is 0 Å². The van der Waals surface area contributed by atoms with Crippen LogP contribution in [0.5, 0.6) is 0 Å². The molecule has 3 N–H and O–H groups in total. The van der Waals surface area contributed by atoms with Gasteiger partial charge in [0, 0.05) is 25.0 Å². The summed E-state index contributed by atoms with van der Waals surface area (Å²) in [6.45, 7) is 0.493. The second-order valence-corrected chi connectivity index (χ2v) is 5.90. The lowest BCUT2D eigenvalue weighted by Crippen LogP contribution is -2.39. The molecule has 0 radical (unpaired) electrons. The van der Waals surface area contributed by atoms with E-state index in [4.69, 9.17) is 5.73 Å². The summed E-state index contributed by atoms with van der Waals surface area (Å²) < 4.78 is 1.28. The van der Waals surface area contributed by atoms with Crippen molar-refractivity contribution in [2.75, 3.05) is 6.54 Å². The van der Waals surface area contributed by atoms with Crippen LogP contribution in [0.25, 0.3) is 10.8 Å². The lowest BCUT2D eigenvalue weighted by atomic mass is 10.1. The number of hydrogen-bond donors (Lipinski definition) is 2. The SMILES string of the molecule is Cn1nc(CC(=O)NCC(N)C2CC2)c2ccccc2c1=O. The van der Waals surface area contributed by atoms with Crippen LogP contribution in [0.1, 0.15) is 18.5 Å². The average Bonchev–Trinajstić information content (AvgIpc) is 3.35. The number of amides is 1. The van der Waals surface area contributed by atoms with Crippen molar-refractivity contribution < 1.29 is 4.79 Å². The predicted octanol–water partition coefficient (Wildman–Crippen LogP) is 0.330. The van der Waals surface area contributed by atoms with Crippen LogP contribution in [0.3, 0.4) is 0 Å². The van der Waals surface area contributed by atoms with E-state index in [1.807, 2.05) is 18.2 Å². The van der Waals surface area contributed by atoms with Gasteiger partial charge in [-0.1, -0.05) is 18.2 Å². The fourth-order valence-corrected chi connectivity index (χ4v) is 2.64. The van der Waals surface area contributed by atoms with Gasteiger partial charge >= 0.3 is 0 Å². The maximum absolute atomic E-state index is 12.1. The summed E-state index contributed by atoms with van der Waals surface area (Å²) in [5, 5.41) is 8.40. The number of aromatic nitrogens is 2. The Morgan fingerprint density at radius 1 is 1.41 bits per heavy atom. The first-order valence-corrected chi connectivity index (χ1v) is 7.53. The molecule has 6 heteroatoms. The third kappa shape index (κ3) is 3.01. The molecule has 1 heterocycles. The molecule has 2 aromatic rings. The van der Waals surface area contributed by atoms with Crippen LogP contribution in [0.15, 0.2) is 29.1 Å². The van der Waals surface area contributed by atoms with Crippen molar-refractivity contribution in [1.82, 2.24) is 15.1 Å². The number of aryl methyl sites for hydroxylation is 1. The number of hydrogen-bond acceptors (Lipinski definition) is 4. The number of nitrogens with zero attached hydrogens (tertiary/aromatic N) is 2. The smallest absolute Gasteiger partial charge is 0.274 e. The topological polar surface area (TPSA) is 90.0 Å². The molecule has 1 aromatic carbocycles. The first-order valence-electron chi connectivity index (χ1n) is 7.53. The zero-order chi connectivity index (χ0) is 15.7. The summed E-state index contributed by atoms with van der Waals surface area (Å²) in [5.74, 6) is 0.434. The Morgan fingerprint density at radius 3 is 2.77 bits per heavy atom. The van der Waals surface area contributed by atoms with Crippen molar-refractivity contribution in [3.63, 3.8) is 0 Å². The van der Waals surface area contributed by atoms with E-state index in [1.54, 1.807) is 13.1 Å². The van der Waals surface area contributed by atoms with Crippen LogP contribution in [-0.4, -0.2) is 28.3 Å². The normalized spacial score (nSPS) is 15.7. The lowest BCUT2D eigenvalue weighted by molar-refractivity contribution is -0.120. The van der Waals surface area contributed by atoms with Crippen LogP contribution in [0, 0.1) is 5.92 Å². The number of carbonyl (C=O) groups excluding carboxylic acids is 1. The van der Waals surface area contributed by atoms with E-state index in [0.29, 0.717) is 23.5 Å². The fraction of sp³-hybridized carbons (Fsp3) is 0.438. The van der Waals surface area contributed by atoms with Crippen molar-refractivity contribution in [2.45, 2.75) is 25.3 Å². The van der Waals surface area contributed by atoms with Gasteiger partial charge in [-0.2, -0.15) is 5.10 Å². The van der Waals surface area contributed by atoms with Crippen molar-refractivity contribution in [3.8, 4) is 0 Å². The second kappa shape index (κ2) is 5.88. The minimum Gasteiger partial charge on any atom is -0.354 e. The first-order chi connectivity index (χ1) is 10.6. The van der Waals surface area contributed by atoms with E-state index < -0.39 is 0 Å². The molecule has 22 heavy (non-hydrogen) atoms. The van der Waals surface area contributed by atoms with Gasteiger partial charge in [0.1, 0.15) is 0 Å². The largest absolute Gasteiger partial charge is 0.354 e. The van der Waals surface area contributed by atoms with Gasteiger partial charge in [-0.05, 0) is 24.8 Å². The highest BCUT2D eigenvalue weighted by atomic mass is 16.1. The quantitative estimate of drug-likeness (QED) is 0.832. The highest BCUT2D eigenvalue weighted by Crippen LogP contribution is 2.31. The number of fused-ring (bicyclic) bond motifs is 1. The van der Waals surface area contributed by atoms with Gasteiger partial charge in [0.05, 0.1) is 17.5 Å². The molecule has 1 aliphatic carbocycles. The molecule has 1 fully saturated rings. The Bertz CT molecular complexity index is 764. The van der Waals surface area contributed by atoms with E-state index in [1.165, 1.54) is 4.68 Å². The van der Waals surface area contributed by atoms with Gasteiger partial charge in [-0.25, -0.2) is 4.68 Å². The fourth-order valence-electron chi connectivity index (χ4n) is 2.64. The summed E-state index contributed by atoms with van der Waals surface area (Å²) in [7, 11) is 1.60. The summed E-state index contributed by atoms with van der Waals surface area (Å²) in [6, 6.07) is 7.26. The number of carbonyl (C=O) groups is 1. The van der Waals surface area contributed by atoms with E-state index in [0.717, 1.165) is 18.2 Å². The Morgan fingerprint density at radius 2 is 2.09 bits per heavy atom. The molecule has 1 aromatic heterocycles. The molecule has 0 aliphatic heterocycles. The highest BCUT2D eigenvalue weighted by Gasteiger charge is 2.28. The minimum atomic E-state index is -0.157. The number of nitrogens with one attached hydrogen (secondary N) is 1. The van der Waals surface area contributed by atoms with Crippen molar-refractivity contribution in [3.05, 3.63) is 40.3 Å². The van der Waals surface area contributed by atoms with Gasteiger partial charge in [0.15, 0.2) is 0 Å². The molecule has 1 saturated carbocycles. The zero-order valence-corrected chi connectivity index (χ0v) is 12.6. The average molecular weight is 300 g/mol. The molecule has 0 spiro atoms. The van der Waals surface area contributed by atoms with Gasteiger partial charge in [-0.15, -0.1) is 0 Å². The monoisotopic (exact) mass is 300 g/mol. The van der Waals surface area contributed by atoms with Gasteiger partial charge in [0.25, 0.3) is 5.56 Å². The third-order valence-corrected chi connectivity index (χ3v) is 4.12. The molecule has 1 aliphatic rings. The Kier molecular flexibility index (Phi) is 3.94. The molecule has 1 atom stereocenters. The molecule has 1 amide bonds. The van der Waals surface area contributed by atoms with Crippen molar-refractivity contribution in [2.24, 2.45) is 18.7 Å². The van der Waals surface area contributed by atoms with Crippen LogP contribution in [0.2, 0.25) is 0 Å². The van der Waals surface area contributed by atoms with Crippen LogP contribution < -0.4 is 16.6 Å². The maximum Gasteiger partial charge on any atom is 0.274 e. The maximum atomic E-state index is 12.1. The third-order valence-electron chi connectivity index (χ3n) is 4.12. The Labute approximate surface area is 128 Å². The number of benzene rings is 1. The molecule has 0 bridgehead atoms. The van der Waals surface area contributed by atoms with Crippen molar-refractivity contribution >= 4 is 16.7 Å². The molecular weight excluding hydrogens is 280 g/mol. The highest BCUT2D eigenvalue weighted by molar-refractivity contribution is 5.88. The molecule has 1 unspecified atom stereocenters.